The van der Waals surface area contributed by atoms with Crippen LogP contribution in [0.3, 0.4) is 0 Å². The molecular formula is C18H27ClFN. The normalized spacial score (nSPS) is 24.0. The monoisotopic (exact) mass is 311 g/mol. The number of halogens is 2. The van der Waals surface area contributed by atoms with Crippen LogP contribution in [0.15, 0.2) is 18.2 Å². The molecule has 0 aromatic heterocycles. The van der Waals surface area contributed by atoms with E-state index in [4.69, 9.17) is 11.6 Å². The summed E-state index contributed by atoms with van der Waals surface area (Å²) in [6.07, 6.45) is 7.25. The van der Waals surface area contributed by atoms with Gasteiger partial charge in [-0.15, -0.1) is 0 Å². The molecule has 1 aromatic rings. The summed E-state index contributed by atoms with van der Waals surface area (Å²) >= 11 is 5.84. The first-order chi connectivity index (χ1) is 10.1. The van der Waals surface area contributed by atoms with Crippen LogP contribution in [0.5, 0.6) is 0 Å². The molecule has 0 amide bonds. The molecule has 1 atom stereocenters. The topological polar surface area (TPSA) is 12.0 Å². The van der Waals surface area contributed by atoms with E-state index >= 15 is 0 Å². The van der Waals surface area contributed by atoms with E-state index in [1.807, 2.05) is 6.07 Å². The zero-order valence-corrected chi connectivity index (χ0v) is 13.9. The van der Waals surface area contributed by atoms with E-state index in [1.54, 1.807) is 6.07 Å². The minimum absolute atomic E-state index is 0.173. The summed E-state index contributed by atoms with van der Waals surface area (Å²) in [5, 5.41) is 4.05. The lowest BCUT2D eigenvalue weighted by Gasteiger charge is -2.34. The van der Waals surface area contributed by atoms with Crippen LogP contribution < -0.4 is 5.32 Å². The van der Waals surface area contributed by atoms with E-state index in [-0.39, 0.29) is 5.82 Å². The second-order valence-corrected chi connectivity index (χ2v) is 6.73. The maximum absolute atomic E-state index is 14.0. The van der Waals surface area contributed by atoms with Crippen LogP contribution in [0.25, 0.3) is 0 Å². The molecule has 1 aromatic carbocycles. The van der Waals surface area contributed by atoms with Crippen molar-refractivity contribution in [1.29, 1.82) is 0 Å². The van der Waals surface area contributed by atoms with Gasteiger partial charge >= 0.3 is 0 Å². The summed E-state index contributed by atoms with van der Waals surface area (Å²) in [4.78, 5) is 0. The van der Waals surface area contributed by atoms with E-state index < -0.39 is 0 Å². The number of rotatable bonds is 6. The lowest BCUT2D eigenvalue weighted by atomic mass is 9.76. The van der Waals surface area contributed by atoms with Crippen LogP contribution in [-0.4, -0.2) is 12.6 Å². The maximum Gasteiger partial charge on any atom is 0.127 e. The minimum Gasteiger partial charge on any atom is -0.314 e. The van der Waals surface area contributed by atoms with Crippen LogP contribution in [-0.2, 0) is 6.42 Å². The second-order valence-electron chi connectivity index (χ2n) is 6.29. The zero-order valence-electron chi connectivity index (χ0n) is 13.2. The van der Waals surface area contributed by atoms with Crippen molar-refractivity contribution < 1.29 is 4.39 Å². The Morgan fingerprint density at radius 2 is 1.95 bits per heavy atom. The van der Waals surface area contributed by atoms with Crippen molar-refractivity contribution in [2.75, 3.05) is 6.54 Å². The highest BCUT2D eigenvalue weighted by atomic mass is 35.5. The van der Waals surface area contributed by atoms with E-state index in [2.05, 4.69) is 19.2 Å². The van der Waals surface area contributed by atoms with Gasteiger partial charge in [-0.25, -0.2) is 4.39 Å². The molecule has 118 valence electrons. The van der Waals surface area contributed by atoms with Crippen molar-refractivity contribution in [2.24, 2.45) is 11.8 Å². The summed E-state index contributed by atoms with van der Waals surface area (Å²) in [5.74, 6) is 1.39. The van der Waals surface area contributed by atoms with Gasteiger partial charge in [-0.05, 0) is 55.3 Å². The van der Waals surface area contributed by atoms with Crippen LogP contribution in [0, 0.1) is 17.7 Å². The summed E-state index contributed by atoms with van der Waals surface area (Å²) in [6, 6.07) is 5.42. The first-order valence-corrected chi connectivity index (χ1v) is 8.69. The Morgan fingerprint density at radius 3 is 2.52 bits per heavy atom. The molecule has 0 aliphatic heterocycles. The van der Waals surface area contributed by atoms with Crippen LogP contribution >= 0.6 is 11.6 Å². The summed E-state index contributed by atoms with van der Waals surface area (Å²) in [5.41, 5.74) is 0.781. The van der Waals surface area contributed by atoms with Gasteiger partial charge in [0, 0.05) is 11.1 Å². The highest BCUT2D eigenvalue weighted by Crippen LogP contribution is 2.33. The van der Waals surface area contributed by atoms with E-state index in [9.17, 15) is 4.39 Å². The van der Waals surface area contributed by atoms with Crippen molar-refractivity contribution in [3.63, 3.8) is 0 Å². The SMILES string of the molecule is CCNC(Cc1ccc(Cl)cc1F)C1CCC(CC)CC1. The van der Waals surface area contributed by atoms with Gasteiger partial charge in [0.05, 0.1) is 0 Å². The molecular weight excluding hydrogens is 285 g/mol. The minimum atomic E-state index is -0.173. The Hall–Kier alpha value is -0.600. The Bertz CT molecular complexity index is 441. The predicted octanol–water partition coefficient (Wildman–Crippen LogP) is 5.22. The molecule has 0 bridgehead atoms. The lowest BCUT2D eigenvalue weighted by molar-refractivity contribution is 0.217. The summed E-state index contributed by atoms with van der Waals surface area (Å²) in [6.45, 7) is 5.35. The smallest absolute Gasteiger partial charge is 0.127 e. The maximum atomic E-state index is 14.0. The third-order valence-corrected chi connectivity index (χ3v) is 5.19. The summed E-state index contributed by atoms with van der Waals surface area (Å²) < 4.78 is 14.0. The molecule has 1 aliphatic carbocycles. The fraction of sp³-hybridized carbons (Fsp3) is 0.667. The number of hydrogen-bond donors (Lipinski definition) is 1. The number of hydrogen-bond acceptors (Lipinski definition) is 1. The van der Waals surface area contributed by atoms with Crippen molar-refractivity contribution in [3.05, 3.63) is 34.6 Å². The average molecular weight is 312 g/mol. The molecule has 21 heavy (non-hydrogen) atoms. The van der Waals surface area contributed by atoms with Gasteiger partial charge in [0.1, 0.15) is 5.82 Å². The molecule has 1 N–H and O–H groups in total. The summed E-state index contributed by atoms with van der Waals surface area (Å²) in [7, 11) is 0. The molecule has 2 rings (SSSR count). The predicted molar refractivity (Wildman–Crippen MR) is 88.3 cm³/mol. The first kappa shape index (κ1) is 16.8. The van der Waals surface area contributed by atoms with Crippen LogP contribution in [0.1, 0.15) is 51.5 Å². The Kier molecular flexibility index (Phi) is 6.50. The molecule has 0 spiro atoms. The van der Waals surface area contributed by atoms with Crippen LogP contribution in [0.2, 0.25) is 5.02 Å². The Morgan fingerprint density at radius 1 is 1.24 bits per heavy atom. The highest BCUT2D eigenvalue weighted by Gasteiger charge is 2.27. The molecule has 0 saturated heterocycles. The molecule has 3 heteroatoms. The molecule has 0 heterocycles. The van der Waals surface area contributed by atoms with Crippen molar-refractivity contribution >= 4 is 11.6 Å². The van der Waals surface area contributed by atoms with Gasteiger partial charge in [-0.2, -0.15) is 0 Å². The number of nitrogens with one attached hydrogen (secondary N) is 1. The van der Waals surface area contributed by atoms with Gasteiger partial charge in [-0.1, -0.05) is 50.8 Å². The second kappa shape index (κ2) is 8.14. The quantitative estimate of drug-likeness (QED) is 0.760. The van der Waals surface area contributed by atoms with Crippen LogP contribution in [0.4, 0.5) is 4.39 Å². The van der Waals surface area contributed by atoms with E-state index in [0.717, 1.165) is 24.4 Å². The Balaban J connectivity index is 2.02. The first-order valence-electron chi connectivity index (χ1n) is 8.31. The van der Waals surface area contributed by atoms with Crippen molar-refractivity contribution in [3.8, 4) is 0 Å². The number of likely N-dealkylation sites (N-methyl/N-ethyl adjacent to an activating group) is 1. The standard InChI is InChI=1S/C18H27ClFN/c1-3-13-5-7-14(8-6-13)18(21-4-2)11-15-9-10-16(19)12-17(15)20/h9-10,12-14,18,21H,3-8,11H2,1-2H3. The molecule has 1 nitrogen and oxygen atoms in total. The highest BCUT2D eigenvalue weighted by molar-refractivity contribution is 6.30. The molecule has 1 saturated carbocycles. The van der Waals surface area contributed by atoms with Gasteiger partial charge in [-0.3, -0.25) is 0 Å². The molecule has 1 aliphatic rings. The fourth-order valence-corrected chi connectivity index (χ4v) is 3.75. The Labute approximate surface area is 133 Å². The third kappa shape index (κ3) is 4.69. The third-order valence-electron chi connectivity index (χ3n) is 4.96. The lowest BCUT2D eigenvalue weighted by Crippen LogP contribution is -2.40. The van der Waals surface area contributed by atoms with E-state index in [0.29, 0.717) is 17.0 Å². The molecule has 1 fully saturated rings. The van der Waals surface area contributed by atoms with Crippen molar-refractivity contribution in [1.82, 2.24) is 5.32 Å². The molecule has 0 radical (unpaired) electrons. The van der Waals surface area contributed by atoms with Crippen molar-refractivity contribution in [2.45, 2.75) is 58.4 Å². The number of benzene rings is 1. The van der Waals surface area contributed by atoms with Gasteiger partial charge in [0.25, 0.3) is 0 Å². The van der Waals surface area contributed by atoms with Gasteiger partial charge in [0.15, 0.2) is 0 Å². The average Bonchev–Trinajstić information content (AvgIpc) is 2.49. The largest absolute Gasteiger partial charge is 0.314 e. The molecule has 1 unspecified atom stereocenters. The van der Waals surface area contributed by atoms with E-state index in [1.165, 1.54) is 38.2 Å². The van der Waals surface area contributed by atoms with Gasteiger partial charge < -0.3 is 5.32 Å². The fourth-order valence-electron chi connectivity index (χ4n) is 3.59. The zero-order chi connectivity index (χ0) is 15.2. The van der Waals surface area contributed by atoms with Gasteiger partial charge in [0.2, 0.25) is 0 Å².